The second kappa shape index (κ2) is 8.76. The highest BCUT2D eigenvalue weighted by Gasteiger charge is 2.07. The normalized spacial score (nSPS) is 10.7. The van der Waals surface area contributed by atoms with Gasteiger partial charge in [0.2, 0.25) is 5.91 Å². The van der Waals surface area contributed by atoms with Gasteiger partial charge in [-0.05, 0) is 30.2 Å². The molecule has 0 spiro atoms. The summed E-state index contributed by atoms with van der Waals surface area (Å²) in [5, 5.41) is 2.83. The molecule has 0 unspecified atom stereocenters. The van der Waals surface area contributed by atoms with Crippen LogP contribution in [-0.2, 0) is 16.1 Å². The molecule has 0 saturated carbocycles. The van der Waals surface area contributed by atoms with Gasteiger partial charge in [0.15, 0.2) is 0 Å². The molecule has 0 aliphatic rings. The maximum absolute atomic E-state index is 11.9. The number of carbonyl (C=O) groups is 1. The molecular weight excluding hydrogens is 290 g/mol. The fourth-order valence-corrected chi connectivity index (χ4v) is 2.01. The van der Waals surface area contributed by atoms with Crippen molar-refractivity contribution in [3.63, 3.8) is 0 Å². The predicted octanol–water partition coefficient (Wildman–Crippen LogP) is 3.72. The maximum atomic E-state index is 11.9. The Morgan fingerprint density at radius 3 is 2.70 bits per heavy atom. The lowest BCUT2D eigenvalue weighted by Crippen LogP contribution is -2.10. The van der Waals surface area contributed by atoms with Crippen LogP contribution in [0.1, 0.15) is 11.1 Å². The number of nitrogens with one attached hydrogen (secondary N) is 1. The number of benzene rings is 2. The summed E-state index contributed by atoms with van der Waals surface area (Å²) in [6.07, 6.45) is 3.11. The first-order valence-corrected chi connectivity index (χ1v) is 7.43. The Labute approximate surface area is 136 Å². The first-order chi connectivity index (χ1) is 11.2. The van der Waals surface area contributed by atoms with Crippen LogP contribution in [0.15, 0.2) is 60.7 Å². The van der Waals surface area contributed by atoms with Crippen LogP contribution in [-0.4, -0.2) is 19.6 Å². The minimum Gasteiger partial charge on any atom is -0.487 e. The zero-order chi connectivity index (χ0) is 16.5. The maximum Gasteiger partial charge on any atom is 0.248 e. The molecule has 23 heavy (non-hydrogen) atoms. The molecule has 2 aromatic rings. The molecule has 1 amide bonds. The van der Waals surface area contributed by atoms with E-state index < -0.39 is 0 Å². The van der Waals surface area contributed by atoms with Crippen molar-refractivity contribution in [1.29, 1.82) is 0 Å². The van der Waals surface area contributed by atoms with Crippen LogP contribution in [0.25, 0.3) is 0 Å². The number of amides is 1. The lowest BCUT2D eigenvalue weighted by Gasteiger charge is -2.13. The Balaban J connectivity index is 2.06. The van der Waals surface area contributed by atoms with Gasteiger partial charge in [-0.2, -0.15) is 0 Å². The second-order valence-electron chi connectivity index (χ2n) is 5.12. The van der Waals surface area contributed by atoms with Gasteiger partial charge in [0, 0.05) is 13.2 Å². The van der Waals surface area contributed by atoms with Crippen molar-refractivity contribution in [1.82, 2.24) is 0 Å². The summed E-state index contributed by atoms with van der Waals surface area (Å²) in [5.41, 5.74) is 2.80. The molecule has 2 rings (SSSR count). The van der Waals surface area contributed by atoms with Crippen LogP contribution in [0.5, 0.6) is 5.75 Å². The summed E-state index contributed by atoms with van der Waals surface area (Å²) < 4.78 is 10.7. The van der Waals surface area contributed by atoms with Gasteiger partial charge in [0.05, 0.1) is 12.3 Å². The number of carbonyl (C=O) groups excluding carboxylic acids is 1. The quantitative estimate of drug-likeness (QED) is 0.793. The Bertz CT molecular complexity index is 666. The number of methoxy groups -OCH3 is 1. The Morgan fingerprint density at radius 1 is 1.17 bits per heavy atom. The first-order valence-electron chi connectivity index (χ1n) is 7.43. The molecule has 1 N–H and O–H groups in total. The van der Waals surface area contributed by atoms with E-state index in [1.165, 1.54) is 6.08 Å². The minimum absolute atomic E-state index is 0.213. The zero-order valence-corrected chi connectivity index (χ0v) is 13.4. The monoisotopic (exact) mass is 311 g/mol. The summed E-state index contributed by atoms with van der Waals surface area (Å²) in [5.74, 6) is 0.442. The van der Waals surface area contributed by atoms with Gasteiger partial charge < -0.3 is 14.8 Å². The highest BCUT2D eigenvalue weighted by atomic mass is 16.5. The minimum atomic E-state index is -0.213. The van der Waals surface area contributed by atoms with Crippen LogP contribution in [0, 0.1) is 6.92 Å². The van der Waals surface area contributed by atoms with Gasteiger partial charge in [-0.25, -0.2) is 0 Å². The SMILES string of the molecule is COC/C=C/C(=O)Nc1ccc(C)cc1OCc1ccccc1. The van der Waals surface area contributed by atoms with Gasteiger partial charge >= 0.3 is 0 Å². The molecule has 0 aromatic heterocycles. The van der Waals surface area contributed by atoms with Crippen molar-refractivity contribution >= 4 is 11.6 Å². The Kier molecular flexibility index (Phi) is 6.39. The Hall–Kier alpha value is -2.59. The number of anilines is 1. The molecule has 4 nitrogen and oxygen atoms in total. The molecule has 0 fully saturated rings. The van der Waals surface area contributed by atoms with E-state index in [0.29, 0.717) is 24.7 Å². The van der Waals surface area contributed by atoms with E-state index in [1.54, 1.807) is 13.2 Å². The van der Waals surface area contributed by atoms with Crippen molar-refractivity contribution in [2.75, 3.05) is 19.0 Å². The third kappa shape index (κ3) is 5.60. The number of rotatable bonds is 7. The van der Waals surface area contributed by atoms with Gasteiger partial charge in [0.1, 0.15) is 12.4 Å². The molecule has 0 heterocycles. The third-order valence-electron chi connectivity index (χ3n) is 3.16. The van der Waals surface area contributed by atoms with Crippen molar-refractivity contribution in [2.24, 2.45) is 0 Å². The highest BCUT2D eigenvalue weighted by Crippen LogP contribution is 2.26. The van der Waals surface area contributed by atoms with E-state index in [2.05, 4.69) is 5.32 Å². The lowest BCUT2D eigenvalue weighted by atomic mass is 10.2. The highest BCUT2D eigenvalue weighted by molar-refractivity contribution is 6.00. The molecule has 0 saturated heterocycles. The zero-order valence-electron chi connectivity index (χ0n) is 13.4. The molecule has 0 radical (unpaired) electrons. The van der Waals surface area contributed by atoms with Gasteiger partial charge in [-0.3, -0.25) is 4.79 Å². The van der Waals surface area contributed by atoms with Crippen molar-refractivity contribution in [3.8, 4) is 5.75 Å². The third-order valence-corrected chi connectivity index (χ3v) is 3.16. The summed E-state index contributed by atoms with van der Waals surface area (Å²) in [4.78, 5) is 11.9. The number of hydrogen-bond acceptors (Lipinski definition) is 3. The molecule has 2 aromatic carbocycles. The van der Waals surface area contributed by atoms with E-state index in [0.717, 1.165) is 11.1 Å². The largest absolute Gasteiger partial charge is 0.487 e. The molecule has 4 heteroatoms. The topological polar surface area (TPSA) is 47.6 Å². The van der Waals surface area contributed by atoms with Crippen LogP contribution in [0.4, 0.5) is 5.69 Å². The van der Waals surface area contributed by atoms with Gasteiger partial charge in [-0.1, -0.05) is 42.5 Å². The fourth-order valence-electron chi connectivity index (χ4n) is 2.01. The fraction of sp³-hybridized carbons (Fsp3) is 0.211. The van der Waals surface area contributed by atoms with Crippen molar-refractivity contribution in [3.05, 3.63) is 71.8 Å². The second-order valence-corrected chi connectivity index (χ2v) is 5.12. The predicted molar refractivity (Wildman–Crippen MR) is 91.6 cm³/mol. The summed E-state index contributed by atoms with van der Waals surface area (Å²) >= 11 is 0. The van der Waals surface area contributed by atoms with Crippen LogP contribution >= 0.6 is 0 Å². The average Bonchev–Trinajstić information content (AvgIpc) is 2.56. The molecule has 0 bridgehead atoms. The molecule has 0 aliphatic heterocycles. The molecule has 120 valence electrons. The molecule has 0 aliphatic carbocycles. The van der Waals surface area contributed by atoms with Crippen LogP contribution in [0.3, 0.4) is 0 Å². The van der Waals surface area contributed by atoms with Crippen LogP contribution < -0.4 is 10.1 Å². The summed E-state index contributed by atoms with van der Waals surface area (Å²) in [6.45, 7) is 2.84. The average molecular weight is 311 g/mol. The first kappa shape index (κ1) is 16.8. The standard InChI is InChI=1S/C19H21NO3/c1-15-10-11-17(20-19(21)9-6-12-22-2)18(13-15)23-14-16-7-4-3-5-8-16/h3-11,13H,12,14H2,1-2H3,(H,20,21)/b9-6+. The van der Waals surface area contributed by atoms with E-state index >= 15 is 0 Å². The van der Waals surface area contributed by atoms with Crippen molar-refractivity contribution < 1.29 is 14.3 Å². The molecule has 0 atom stereocenters. The van der Waals surface area contributed by atoms with E-state index in [4.69, 9.17) is 9.47 Å². The van der Waals surface area contributed by atoms with Crippen molar-refractivity contribution in [2.45, 2.75) is 13.5 Å². The van der Waals surface area contributed by atoms with E-state index in [9.17, 15) is 4.79 Å². The summed E-state index contributed by atoms with van der Waals surface area (Å²) in [6, 6.07) is 15.6. The summed E-state index contributed by atoms with van der Waals surface area (Å²) in [7, 11) is 1.58. The van der Waals surface area contributed by atoms with Crippen LogP contribution in [0.2, 0.25) is 0 Å². The van der Waals surface area contributed by atoms with Gasteiger partial charge in [-0.15, -0.1) is 0 Å². The molecular formula is C19H21NO3. The van der Waals surface area contributed by atoms with E-state index in [1.807, 2.05) is 55.5 Å². The number of aryl methyl sites for hydroxylation is 1. The van der Waals surface area contributed by atoms with E-state index in [-0.39, 0.29) is 5.91 Å². The lowest BCUT2D eigenvalue weighted by molar-refractivity contribution is -0.112. The van der Waals surface area contributed by atoms with Gasteiger partial charge in [0.25, 0.3) is 0 Å². The smallest absolute Gasteiger partial charge is 0.248 e. The number of hydrogen-bond donors (Lipinski definition) is 1. The Morgan fingerprint density at radius 2 is 1.96 bits per heavy atom. The number of ether oxygens (including phenoxy) is 2.